The highest BCUT2D eigenvalue weighted by molar-refractivity contribution is 6.32. The van der Waals surface area contributed by atoms with Gasteiger partial charge in [-0.1, -0.05) is 11.6 Å². The highest BCUT2D eigenvalue weighted by atomic mass is 35.5. The molecular weight excluding hydrogens is 182 g/mol. The van der Waals surface area contributed by atoms with Crippen LogP contribution in [0.2, 0.25) is 5.15 Å². The molecule has 0 aliphatic rings. The molecule has 66 valence electrons. The predicted molar refractivity (Wildman–Crippen MR) is 44.4 cm³/mol. The number of rotatable bonds is 2. The summed E-state index contributed by atoms with van der Waals surface area (Å²) in [6, 6.07) is -0.672. The molecule has 0 saturated carbocycles. The Morgan fingerprint density at radius 3 is 2.50 bits per heavy atom. The van der Waals surface area contributed by atoms with Gasteiger partial charge < -0.3 is 10.7 Å². The van der Waals surface area contributed by atoms with Crippen LogP contribution < -0.4 is 11.4 Å². The van der Waals surface area contributed by atoms with E-state index in [2.05, 4.69) is 9.97 Å². The van der Waals surface area contributed by atoms with Crippen LogP contribution in [-0.2, 0) is 0 Å². The van der Waals surface area contributed by atoms with Crippen molar-refractivity contribution >= 4 is 17.4 Å². The Morgan fingerprint density at radius 1 is 1.58 bits per heavy atom. The lowest BCUT2D eigenvalue weighted by molar-refractivity contribution is 0.0963. The second-order valence-electron chi connectivity index (χ2n) is 2.42. The van der Waals surface area contributed by atoms with E-state index in [9.17, 15) is 9.59 Å². The van der Waals surface area contributed by atoms with E-state index in [4.69, 9.17) is 17.3 Å². The quantitative estimate of drug-likeness (QED) is 0.567. The Bertz CT molecular complexity index is 352. The van der Waals surface area contributed by atoms with Crippen LogP contribution in [0.3, 0.4) is 0 Å². The highest BCUT2D eigenvalue weighted by Gasteiger charge is 2.16. The summed E-state index contributed by atoms with van der Waals surface area (Å²) in [4.78, 5) is 26.3. The number of hydrogen-bond acceptors (Lipinski definition) is 3. The van der Waals surface area contributed by atoms with Gasteiger partial charge in [0.2, 0.25) is 0 Å². The topological polar surface area (TPSA) is 91.7 Å². The van der Waals surface area contributed by atoms with Crippen LogP contribution >= 0.6 is 11.6 Å². The molecule has 1 aromatic heterocycles. The molecule has 0 radical (unpaired) electrons. The Hall–Kier alpha value is -1.07. The number of aromatic amines is 2. The summed E-state index contributed by atoms with van der Waals surface area (Å²) in [7, 11) is 0. The third kappa shape index (κ3) is 1.57. The number of aromatic nitrogens is 2. The standard InChI is InChI=1S/C6H8ClN3O2/c1-2(8)4(11)3-5(7)10-6(12)9-3/h2H,8H2,1H3,(H2,9,10,12). The van der Waals surface area contributed by atoms with Gasteiger partial charge in [-0.05, 0) is 6.92 Å². The second kappa shape index (κ2) is 3.12. The molecule has 0 spiro atoms. The van der Waals surface area contributed by atoms with Gasteiger partial charge in [-0.15, -0.1) is 0 Å². The molecule has 5 nitrogen and oxygen atoms in total. The highest BCUT2D eigenvalue weighted by Crippen LogP contribution is 2.08. The molecule has 4 N–H and O–H groups in total. The lowest BCUT2D eigenvalue weighted by Gasteiger charge is -2.00. The van der Waals surface area contributed by atoms with E-state index in [1.165, 1.54) is 6.92 Å². The molecule has 1 aromatic rings. The van der Waals surface area contributed by atoms with Gasteiger partial charge in [0.1, 0.15) is 10.8 Å². The van der Waals surface area contributed by atoms with Gasteiger partial charge in [0.05, 0.1) is 6.04 Å². The average Bonchev–Trinajstić information content (AvgIpc) is 2.28. The number of carbonyl (C=O) groups excluding carboxylic acids is 1. The van der Waals surface area contributed by atoms with Crippen LogP contribution in [0.1, 0.15) is 17.4 Å². The van der Waals surface area contributed by atoms with Crippen molar-refractivity contribution < 1.29 is 4.79 Å². The first-order chi connectivity index (χ1) is 5.52. The molecule has 0 bridgehead atoms. The van der Waals surface area contributed by atoms with Crippen LogP contribution in [0.5, 0.6) is 0 Å². The summed E-state index contributed by atoms with van der Waals surface area (Å²) in [5, 5.41) is 0.00213. The fourth-order valence-corrected chi connectivity index (χ4v) is 0.985. The molecule has 0 saturated heterocycles. The van der Waals surface area contributed by atoms with Crippen molar-refractivity contribution in [3.8, 4) is 0 Å². The summed E-state index contributed by atoms with van der Waals surface area (Å²) in [5.41, 5.74) is 4.83. The number of nitrogens with two attached hydrogens (primary N) is 1. The fourth-order valence-electron chi connectivity index (χ4n) is 0.759. The maximum absolute atomic E-state index is 11.2. The minimum atomic E-state index is -0.672. The van der Waals surface area contributed by atoms with Gasteiger partial charge in [0, 0.05) is 0 Å². The van der Waals surface area contributed by atoms with E-state index in [1.807, 2.05) is 0 Å². The third-order valence-corrected chi connectivity index (χ3v) is 1.62. The van der Waals surface area contributed by atoms with E-state index in [0.29, 0.717) is 0 Å². The molecule has 6 heteroatoms. The summed E-state index contributed by atoms with van der Waals surface area (Å²) in [5.74, 6) is -0.390. The number of halogens is 1. The number of H-pyrrole nitrogens is 2. The maximum atomic E-state index is 11.2. The lowest BCUT2D eigenvalue weighted by Crippen LogP contribution is -2.27. The van der Waals surface area contributed by atoms with Crippen molar-refractivity contribution in [3.63, 3.8) is 0 Å². The zero-order chi connectivity index (χ0) is 9.30. The zero-order valence-electron chi connectivity index (χ0n) is 6.35. The Balaban J connectivity index is 3.11. The Morgan fingerprint density at radius 2 is 2.17 bits per heavy atom. The molecule has 0 fully saturated rings. The van der Waals surface area contributed by atoms with Crippen LogP contribution in [0, 0.1) is 0 Å². The summed E-state index contributed by atoms with van der Waals surface area (Å²) >= 11 is 5.52. The Labute approximate surface area is 72.9 Å². The van der Waals surface area contributed by atoms with E-state index in [-0.39, 0.29) is 10.8 Å². The van der Waals surface area contributed by atoms with Gasteiger partial charge in [-0.2, -0.15) is 0 Å². The number of hydrogen-bond donors (Lipinski definition) is 3. The number of nitrogens with one attached hydrogen (secondary N) is 2. The van der Waals surface area contributed by atoms with Crippen molar-refractivity contribution in [1.82, 2.24) is 9.97 Å². The van der Waals surface area contributed by atoms with E-state index in [0.717, 1.165) is 0 Å². The van der Waals surface area contributed by atoms with Crippen LogP contribution in [0.15, 0.2) is 4.79 Å². The summed E-state index contributed by atoms with van der Waals surface area (Å²) in [6.07, 6.45) is 0. The van der Waals surface area contributed by atoms with Crippen LogP contribution in [-0.4, -0.2) is 21.8 Å². The van der Waals surface area contributed by atoms with Crippen molar-refractivity contribution in [2.24, 2.45) is 5.73 Å². The van der Waals surface area contributed by atoms with Gasteiger partial charge in [-0.3, -0.25) is 9.78 Å². The normalized spacial score (nSPS) is 12.9. The average molecular weight is 190 g/mol. The molecular formula is C6H8ClN3O2. The van der Waals surface area contributed by atoms with Gasteiger partial charge in [0.15, 0.2) is 5.78 Å². The van der Waals surface area contributed by atoms with Gasteiger partial charge in [-0.25, -0.2) is 4.79 Å². The maximum Gasteiger partial charge on any atom is 0.324 e. The number of imidazole rings is 1. The first kappa shape index (κ1) is 9.02. The monoisotopic (exact) mass is 189 g/mol. The minimum Gasteiger partial charge on any atom is -0.321 e. The first-order valence-corrected chi connectivity index (χ1v) is 3.67. The number of ketones is 1. The molecule has 1 heterocycles. The number of carbonyl (C=O) groups is 1. The lowest BCUT2D eigenvalue weighted by atomic mass is 10.2. The van der Waals surface area contributed by atoms with E-state index < -0.39 is 17.5 Å². The minimum absolute atomic E-state index is 0.00213. The molecule has 1 rings (SSSR count). The van der Waals surface area contributed by atoms with Crippen molar-refractivity contribution in [2.45, 2.75) is 13.0 Å². The van der Waals surface area contributed by atoms with Gasteiger partial charge >= 0.3 is 5.69 Å². The summed E-state index contributed by atoms with van der Waals surface area (Å²) < 4.78 is 0. The van der Waals surface area contributed by atoms with Crippen molar-refractivity contribution in [3.05, 3.63) is 21.3 Å². The molecule has 12 heavy (non-hydrogen) atoms. The molecule has 0 amide bonds. The van der Waals surface area contributed by atoms with Crippen molar-refractivity contribution in [2.75, 3.05) is 0 Å². The first-order valence-electron chi connectivity index (χ1n) is 3.30. The summed E-state index contributed by atoms with van der Waals surface area (Å²) in [6.45, 7) is 1.52. The molecule has 1 atom stereocenters. The zero-order valence-corrected chi connectivity index (χ0v) is 7.11. The predicted octanol–water partition coefficient (Wildman–Crippen LogP) is -0.114. The third-order valence-electron chi connectivity index (χ3n) is 1.34. The smallest absolute Gasteiger partial charge is 0.321 e. The Kier molecular flexibility index (Phi) is 2.35. The molecule has 1 unspecified atom stereocenters. The van der Waals surface area contributed by atoms with Crippen LogP contribution in [0.4, 0.5) is 0 Å². The molecule has 0 aromatic carbocycles. The fraction of sp³-hybridized carbons (Fsp3) is 0.333. The number of Topliss-reactive ketones (excluding diaryl/α,β-unsaturated/α-hetero) is 1. The van der Waals surface area contributed by atoms with Crippen LogP contribution in [0.25, 0.3) is 0 Å². The SMILES string of the molecule is CC(N)C(=O)c1[nH]c(=O)[nH]c1Cl. The molecule has 0 aliphatic heterocycles. The largest absolute Gasteiger partial charge is 0.324 e. The van der Waals surface area contributed by atoms with Crippen molar-refractivity contribution in [1.29, 1.82) is 0 Å². The van der Waals surface area contributed by atoms with E-state index >= 15 is 0 Å². The van der Waals surface area contributed by atoms with E-state index in [1.54, 1.807) is 0 Å². The molecule has 0 aliphatic carbocycles. The van der Waals surface area contributed by atoms with Gasteiger partial charge in [0.25, 0.3) is 0 Å². The second-order valence-corrected chi connectivity index (χ2v) is 2.80.